The summed E-state index contributed by atoms with van der Waals surface area (Å²) in [4.78, 5) is 12.7. The van der Waals surface area contributed by atoms with Crippen LogP contribution in [0.3, 0.4) is 0 Å². The molecule has 0 fully saturated rings. The molecule has 0 saturated carbocycles. The van der Waals surface area contributed by atoms with Crippen LogP contribution in [0.2, 0.25) is 5.02 Å². The van der Waals surface area contributed by atoms with Gasteiger partial charge in [0.2, 0.25) is 15.9 Å². The molecule has 162 valence electrons. The van der Waals surface area contributed by atoms with Gasteiger partial charge in [0, 0.05) is 12.2 Å². The van der Waals surface area contributed by atoms with Gasteiger partial charge in [0.15, 0.2) is 0 Å². The second kappa shape index (κ2) is 9.96. The van der Waals surface area contributed by atoms with Crippen LogP contribution in [0, 0.1) is 6.92 Å². The lowest BCUT2D eigenvalue weighted by atomic mass is 10.2. The molecule has 0 aliphatic heterocycles. The number of rotatable bonds is 8. The minimum Gasteiger partial charge on any atom is -0.495 e. The highest BCUT2D eigenvalue weighted by atomic mass is 35.5. The van der Waals surface area contributed by atoms with Crippen LogP contribution in [0.25, 0.3) is 0 Å². The molecule has 1 amide bonds. The molecule has 0 unspecified atom stereocenters. The Bertz CT molecular complexity index is 1170. The molecule has 1 N–H and O–H groups in total. The van der Waals surface area contributed by atoms with Crippen molar-refractivity contribution < 1.29 is 17.9 Å². The number of carbonyl (C=O) groups excluding carboxylic acids is 1. The summed E-state index contributed by atoms with van der Waals surface area (Å²) < 4.78 is 33.0. The molecule has 0 atom stereocenters. The first-order valence-corrected chi connectivity index (χ1v) is 11.4. The average Bonchev–Trinajstić information content (AvgIpc) is 2.75. The Morgan fingerprint density at radius 3 is 2.35 bits per heavy atom. The van der Waals surface area contributed by atoms with Gasteiger partial charge in [-0.2, -0.15) is 4.31 Å². The van der Waals surface area contributed by atoms with Gasteiger partial charge in [-0.15, -0.1) is 0 Å². The van der Waals surface area contributed by atoms with Crippen LogP contribution in [0.1, 0.15) is 11.1 Å². The highest BCUT2D eigenvalue weighted by Crippen LogP contribution is 2.29. The van der Waals surface area contributed by atoms with E-state index in [4.69, 9.17) is 16.3 Å². The lowest BCUT2D eigenvalue weighted by Crippen LogP contribution is -2.37. The summed E-state index contributed by atoms with van der Waals surface area (Å²) in [6.07, 6.45) is 0. The number of amides is 1. The molecule has 0 aliphatic carbocycles. The molecule has 0 spiro atoms. The third-order valence-electron chi connectivity index (χ3n) is 4.70. The first-order valence-electron chi connectivity index (χ1n) is 9.54. The molecule has 3 aromatic rings. The number of para-hydroxylation sites is 1. The van der Waals surface area contributed by atoms with E-state index in [1.54, 1.807) is 12.1 Å². The third kappa shape index (κ3) is 5.64. The van der Waals surface area contributed by atoms with Crippen LogP contribution in [0.5, 0.6) is 5.75 Å². The Balaban J connectivity index is 1.91. The summed E-state index contributed by atoms with van der Waals surface area (Å²) in [5, 5.41) is 2.96. The molecule has 0 aliphatic rings. The molecule has 0 aromatic heterocycles. The fourth-order valence-electron chi connectivity index (χ4n) is 3.03. The fourth-order valence-corrected chi connectivity index (χ4v) is 4.77. The largest absolute Gasteiger partial charge is 0.495 e. The second-order valence-electron chi connectivity index (χ2n) is 6.92. The predicted molar refractivity (Wildman–Crippen MR) is 122 cm³/mol. The van der Waals surface area contributed by atoms with Gasteiger partial charge in [-0.25, -0.2) is 8.42 Å². The van der Waals surface area contributed by atoms with Crippen molar-refractivity contribution in [3.8, 4) is 5.75 Å². The van der Waals surface area contributed by atoms with Gasteiger partial charge in [-0.3, -0.25) is 4.79 Å². The predicted octanol–water partition coefficient (Wildman–Crippen LogP) is 4.49. The van der Waals surface area contributed by atoms with E-state index in [2.05, 4.69) is 5.32 Å². The fraction of sp³-hybridized carbons (Fsp3) is 0.174. The van der Waals surface area contributed by atoms with E-state index >= 15 is 0 Å². The summed E-state index contributed by atoms with van der Waals surface area (Å²) in [5.74, 6) is -0.0686. The quantitative estimate of drug-likeness (QED) is 0.539. The van der Waals surface area contributed by atoms with Crippen LogP contribution >= 0.6 is 11.6 Å². The van der Waals surface area contributed by atoms with E-state index in [1.807, 2.05) is 49.4 Å². The number of nitrogens with one attached hydrogen (secondary N) is 1. The van der Waals surface area contributed by atoms with Crippen molar-refractivity contribution in [2.75, 3.05) is 19.0 Å². The standard InChI is InChI=1S/C23H23ClN2O4S/c1-17-8-6-7-11-21(17)25-23(27)16-26(15-18-9-4-3-5-10-18)31(28,29)19-12-13-22(30-2)20(24)14-19/h3-14H,15-16H2,1-2H3,(H,25,27). The number of hydrogen-bond donors (Lipinski definition) is 1. The summed E-state index contributed by atoms with van der Waals surface area (Å²) >= 11 is 6.14. The average molecular weight is 459 g/mol. The van der Waals surface area contributed by atoms with Crippen molar-refractivity contribution in [2.24, 2.45) is 0 Å². The molecule has 0 saturated heterocycles. The maximum Gasteiger partial charge on any atom is 0.243 e. The van der Waals surface area contributed by atoms with E-state index in [9.17, 15) is 13.2 Å². The molecular weight excluding hydrogens is 436 g/mol. The van der Waals surface area contributed by atoms with Crippen LogP contribution in [-0.2, 0) is 21.4 Å². The Hall–Kier alpha value is -2.87. The van der Waals surface area contributed by atoms with Gasteiger partial charge in [-0.05, 0) is 42.3 Å². The zero-order chi connectivity index (χ0) is 22.4. The van der Waals surface area contributed by atoms with Gasteiger partial charge in [0.25, 0.3) is 0 Å². The molecule has 0 radical (unpaired) electrons. The number of ether oxygens (including phenoxy) is 1. The normalized spacial score (nSPS) is 11.4. The molecule has 6 nitrogen and oxygen atoms in total. The van der Waals surface area contributed by atoms with Crippen molar-refractivity contribution >= 4 is 33.2 Å². The highest BCUT2D eigenvalue weighted by molar-refractivity contribution is 7.89. The van der Waals surface area contributed by atoms with Crippen molar-refractivity contribution in [2.45, 2.75) is 18.4 Å². The van der Waals surface area contributed by atoms with Gasteiger partial charge in [-0.1, -0.05) is 60.1 Å². The molecule has 0 heterocycles. The monoisotopic (exact) mass is 458 g/mol. The maximum atomic E-state index is 13.4. The topological polar surface area (TPSA) is 75.7 Å². The number of benzene rings is 3. The Morgan fingerprint density at radius 1 is 1.03 bits per heavy atom. The molecule has 0 bridgehead atoms. The zero-order valence-electron chi connectivity index (χ0n) is 17.2. The SMILES string of the molecule is COc1ccc(S(=O)(=O)N(CC(=O)Nc2ccccc2C)Cc2ccccc2)cc1Cl. The molecule has 31 heavy (non-hydrogen) atoms. The summed E-state index contributed by atoms with van der Waals surface area (Å²) in [6, 6.07) is 20.6. The molecular formula is C23H23ClN2O4S. The van der Waals surface area contributed by atoms with Gasteiger partial charge in [0.05, 0.1) is 23.6 Å². The lowest BCUT2D eigenvalue weighted by molar-refractivity contribution is -0.116. The minimum absolute atomic E-state index is 0.0158. The van der Waals surface area contributed by atoms with E-state index < -0.39 is 15.9 Å². The van der Waals surface area contributed by atoms with Crippen molar-refractivity contribution in [1.82, 2.24) is 4.31 Å². The zero-order valence-corrected chi connectivity index (χ0v) is 18.8. The molecule has 3 aromatic carbocycles. The third-order valence-corrected chi connectivity index (χ3v) is 6.78. The first kappa shape index (κ1) is 22.8. The second-order valence-corrected chi connectivity index (χ2v) is 9.26. The Morgan fingerprint density at radius 2 is 1.71 bits per heavy atom. The van der Waals surface area contributed by atoms with Crippen LogP contribution in [0.4, 0.5) is 5.69 Å². The number of aryl methyl sites for hydroxylation is 1. The van der Waals surface area contributed by atoms with Crippen molar-refractivity contribution in [3.05, 3.63) is 88.9 Å². The van der Waals surface area contributed by atoms with E-state index in [-0.39, 0.29) is 23.0 Å². The molecule has 3 rings (SSSR count). The van der Waals surface area contributed by atoms with Gasteiger partial charge < -0.3 is 10.1 Å². The number of sulfonamides is 1. The van der Waals surface area contributed by atoms with Crippen molar-refractivity contribution in [3.63, 3.8) is 0 Å². The van der Waals surface area contributed by atoms with Crippen LogP contribution in [0.15, 0.2) is 77.7 Å². The summed E-state index contributed by atoms with van der Waals surface area (Å²) in [5.41, 5.74) is 2.28. The Kier molecular flexibility index (Phi) is 7.33. The number of nitrogens with zero attached hydrogens (tertiary/aromatic N) is 1. The van der Waals surface area contributed by atoms with Crippen LogP contribution < -0.4 is 10.1 Å². The molecule has 8 heteroatoms. The Labute approximate surface area is 187 Å². The maximum absolute atomic E-state index is 13.4. The van der Waals surface area contributed by atoms with Crippen molar-refractivity contribution in [1.29, 1.82) is 0 Å². The summed E-state index contributed by atoms with van der Waals surface area (Å²) in [7, 11) is -2.56. The number of methoxy groups -OCH3 is 1. The minimum atomic E-state index is -4.01. The number of anilines is 1. The van der Waals surface area contributed by atoms with E-state index in [1.165, 1.54) is 25.3 Å². The lowest BCUT2D eigenvalue weighted by Gasteiger charge is -2.22. The smallest absolute Gasteiger partial charge is 0.243 e. The number of hydrogen-bond acceptors (Lipinski definition) is 4. The van der Waals surface area contributed by atoms with Gasteiger partial charge in [0.1, 0.15) is 5.75 Å². The number of carbonyl (C=O) groups is 1. The van der Waals surface area contributed by atoms with Crippen LogP contribution in [-0.4, -0.2) is 32.3 Å². The summed E-state index contributed by atoms with van der Waals surface area (Å²) in [6.45, 7) is 1.55. The first-order chi connectivity index (χ1) is 14.8. The van der Waals surface area contributed by atoms with E-state index in [0.717, 1.165) is 15.4 Å². The van der Waals surface area contributed by atoms with E-state index in [0.29, 0.717) is 11.4 Å². The highest BCUT2D eigenvalue weighted by Gasteiger charge is 2.28. The van der Waals surface area contributed by atoms with Gasteiger partial charge >= 0.3 is 0 Å². The number of halogens is 1.